The van der Waals surface area contributed by atoms with Gasteiger partial charge in [-0.15, -0.1) is 5.10 Å². The van der Waals surface area contributed by atoms with Gasteiger partial charge in [-0.1, -0.05) is 30.3 Å². The first kappa shape index (κ1) is 22.4. The lowest BCUT2D eigenvalue weighted by Crippen LogP contribution is -2.29. The zero-order chi connectivity index (χ0) is 23.5. The second-order valence-corrected chi connectivity index (χ2v) is 8.85. The number of halogens is 1. The van der Waals surface area contributed by atoms with Crippen LogP contribution in [-0.4, -0.2) is 42.8 Å². The minimum absolute atomic E-state index is 0.111. The number of aryl methyl sites for hydroxylation is 1. The van der Waals surface area contributed by atoms with E-state index in [1.54, 1.807) is 16.8 Å². The summed E-state index contributed by atoms with van der Waals surface area (Å²) >= 11 is 0. The third-order valence-corrected chi connectivity index (χ3v) is 6.25. The van der Waals surface area contributed by atoms with E-state index in [4.69, 9.17) is 4.74 Å². The molecule has 1 aliphatic rings. The van der Waals surface area contributed by atoms with Crippen molar-refractivity contribution in [1.82, 2.24) is 30.1 Å². The number of benzene rings is 2. The van der Waals surface area contributed by atoms with E-state index in [9.17, 15) is 9.18 Å². The highest BCUT2D eigenvalue weighted by Crippen LogP contribution is 2.19. The summed E-state index contributed by atoms with van der Waals surface area (Å²) in [5, 5.41) is 13.3. The Morgan fingerprint density at radius 2 is 2.03 bits per heavy atom. The van der Waals surface area contributed by atoms with Gasteiger partial charge in [0.2, 0.25) is 0 Å². The summed E-state index contributed by atoms with van der Waals surface area (Å²) in [4.78, 5) is 18.0. The second-order valence-electron chi connectivity index (χ2n) is 8.85. The van der Waals surface area contributed by atoms with Gasteiger partial charge in [-0.05, 0) is 64.9 Å². The van der Waals surface area contributed by atoms with Gasteiger partial charge in [0.15, 0.2) is 5.82 Å². The van der Waals surface area contributed by atoms with Crippen LogP contribution < -0.4 is 5.56 Å². The number of H-pyrrole nitrogens is 1. The highest BCUT2D eigenvalue weighted by molar-refractivity contribution is 5.81. The number of fused-ring (bicyclic) bond motifs is 1. The van der Waals surface area contributed by atoms with Crippen molar-refractivity contribution in [3.05, 3.63) is 87.2 Å². The van der Waals surface area contributed by atoms with Crippen LogP contribution in [0.2, 0.25) is 0 Å². The number of pyridine rings is 1. The fraction of sp³-hybridized carbons (Fsp3) is 0.360. The molecule has 9 heteroatoms. The number of para-hydroxylation sites is 1. The molecule has 0 bridgehead atoms. The van der Waals surface area contributed by atoms with Gasteiger partial charge in [0.05, 0.1) is 24.7 Å². The van der Waals surface area contributed by atoms with Crippen LogP contribution in [0, 0.1) is 12.7 Å². The molecule has 0 spiro atoms. The van der Waals surface area contributed by atoms with E-state index in [1.165, 1.54) is 12.1 Å². The highest BCUT2D eigenvalue weighted by atomic mass is 19.1. The SMILES string of the molecule is Cc1cccc2cc(CN(Cc3ccc(F)cc3)Cc3nnnn3CC3CCCO3)c(=O)[nH]c12. The first-order valence-corrected chi connectivity index (χ1v) is 11.5. The molecule has 2 aromatic heterocycles. The summed E-state index contributed by atoms with van der Waals surface area (Å²) < 4.78 is 21.0. The Hall–Kier alpha value is -3.43. The van der Waals surface area contributed by atoms with E-state index in [-0.39, 0.29) is 17.5 Å². The van der Waals surface area contributed by atoms with E-state index in [0.29, 0.717) is 37.6 Å². The lowest BCUT2D eigenvalue weighted by Gasteiger charge is -2.22. The lowest BCUT2D eigenvalue weighted by atomic mass is 10.1. The number of hydrogen-bond donors (Lipinski definition) is 1. The Labute approximate surface area is 196 Å². The molecule has 1 fully saturated rings. The van der Waals surface area contributed by atoms with Gasteiger partial charge in [0.25, 0.3) is 5.56 Å². The Kier molecular flexibility index (Phi) is 6.46. The molecule has 1 atom stereocenters. The molecule has 0 amide bonds. The zero-order valence-corrected chi connectivity index (χ0v) is 19.1. The van der Waals surface area contributed by atoms with Crippen molar-refractivity contribution in [1.29, 1.82) is 0 Å². The molecule has 0 radical (unpaired) electrons. The number of aromatic nitrogens is 5. The van der Waals surface area contributed by atoms with Gasteiger partial charge in [0, 0.05) is 25.3 Å². The fourth-order valence-corrected chi connectivity index (χ4v) is 4.46. The zero-order valence-electron chi connectivity index (χ0n) is 19.1. The Balaban J connectivity index is 1.42. The monoisotopic (exact) mass is 462 g/mol. The first-order valence-electron chi connectivity index (χ1n) is 11.5. The van der Waals surface area contributed by atoms with Crippen LogP contribution in [0.4, 0.5) is 4.39 Å². The van der Waals surface area contributed by atoms with Crippen molar-refractivity contribution >= 4 is 10.9 Å². The number of tetrazole rings is 1. The maximum absolute atomic E-state index is 13.5. The van der Waals surface area contributed by atoms with E-state index in [1.807, 2.05) is 31.2 Å². The molecule has 1 aliphatic heterocycles. The standard InChI is InChI=1S/C25H27FN6O2/c1-17-4-2-5-19-12-20(25(33)27-24(17)19)14-31(13-18-7-9-21(26)10-8-18)16-23-28-29-30-32(23)15-22-6-3-11-34-22/h2,4-5,7-10,12,22H,3,6,11,13-16H2,1H3,(H,27,33). The smallest absolute Gasteiger partial charge is 0.252 e. The van der Waals surface area contributed by atoms with E-state index < -0.39 is 0 Å². The van der Waals surface area contributed by atoms with Gasteiger partial charge in [0.1, 0.15) is 5.82 Å². The Morgan fingerprint density at radius 3 is 2.82 bits per heavy atom. The number of rotatable bonds is 8. The molecular weight excluding hydrogens is 435 g/mol. The summed E-state index contributed by atoms with van der Waals surface area (Å²) in [5.41, 5.74) is 3.34. The first-order chi connectivity index (χ1) is 16.5. The van der Waals surface area contributed by atoms with Crippen LogP contribution in [0.1, 0.15) is 35.4 Å². The molecule has 4 aromatic rings. The van der Waals surface area contributed by atoms with Crippen LogP contribution in [-0.2, 0) is 30.9 Å². The quantitative estimate of drug-likeness (QED) is 0.432. The molecule has 1 unspecified atom stereocenters. The van der Waals surface area contributed by atoms with Crippen LogP contribution in [0.15, 0.2) is 53.3 Å². The Morgan fingerprint density at radius 1 is 1.18 bits per heavy atom. The summed E-state index contributed by atoms with van der Waals surface area (Å²) in [5.74, 6) is 0.419. The third kappa shape index (κ3) is 5.05. The average molecular weight is 463 g/mol. The largest absolute Gasteiger partial charge is 0.376 e. The topological polar surface area (TPSA) is 88.9 Å². The maximum Gasteiger partial charge on any atom is 0.252 e. The lowest BCUT2D eigenvalue weighted by molar-refractivity contribution is 0.0914. The number of hydrogen-bond acceptors (Lipinski definition) is 6. The van der Waals surface area contributed by atoms with Gasteiger partial charge in [-0.25, -0.2) is 9.07 Å². The van der Waals surface area contributed by atoms with Crippen LogP contribution in [0.5, 0.6) is 0 Å². The molecule has 34 heavy (non-hydrogen) atoms. The van der Waals surface area contributed by atoms with Gasteiger partial charge in [-0.3, -0.25) is 9.69 Å². The molecule has 5 rings (SSSR count). The molecule has 176 valence electrons. The fourth-order valence-electron chi connectivity index (χ4n) is 4.46. The minimum atomic E-state index is -0.280. The molecular formula is C25H27FN6O2. The molecule has 3 heterocycles. The highest BCUT2D eigenvalue weighted by Gasteiger charge is 2.21. The van der Waals surface area contributed by atoms with E-state index >= 15 is 0 Å². The van der Waals surface area contributed by atoms with Crippen molar-refractivity contribution in [2.24, 2.45) is 0 Å². The Bertz CT molecular complexity index is 1330. The predicted octanol–water partition coefficient (Wildman–Crippen LogP) is 3.34. The normalized spacial score (nSPS) is 16.0. The predicted molar refractivity (Wildman–Crippen MR) is 125 cm³/mol. The summed E-state index contributed by atoms with van der Waals surface area (Å²) in [6, 6.07) is 14.3. The summed E-state index contributed by atoms with van der Waals surface area (Å²) in [7, 11) is 0. The van der Waals surface area contributed by atoms with Crippen molar-refractivity contribution in [2.45, 2.75) is 52.0 Å². The van der Waals surface area contributed by atoms with E-state index in [2.05, 4.69) is 25.4 Å². The average Bonchev–Trinajstić information content (AvgIpc) is 3.49. The van der Waals surface area contributed by atoms with Crippen LogP contribution >= 0.6 is 0 Å². The number of aromatic amines is 1. The van der Waals surface area contributed by atoms with Crippen LogP contribution in [0.3, 0.4) is 0 Å². The number of ether oxygens (including phenoxy) is 1. The molecule has 1 saturated heterocycles. The van der Waals surface area contributed by atoms with Gasteiger partial charge >= 0.3 is 0 Å². The molecule has 0 saturated carbocycles. The third-order valence-electron chi connectivity index (χ3n) is 6.25. The maximum atomic E-state index is 13.5. The molecule has 2 aromatic carbocycles. The van der Waals surface area contributed by atoms with Crippen LogP contribution in [0.25, 0.3) is 10.9 Å². The summed E-state index contributed by atoms with van der Waals surface area (Å²) in [6.45, 7) is 4.68. The molecule has 1 N–H and O–H groups in total. The number of nitrogens with one attached hydrogen (secondary N) is 1. The minimum Gasteiger partial charge on any atom is -0.376 e. The molecule has 0 aliphatic carbocycles. The van der Waals surface area contributed by atoms with Gasteiger partial charge in [-0.2, -0.15) is 0 Å². The summed E-state index contributed by atoms with van der Waals surface area (Å²) in [6.07, 6.45) is 2.15. The van der Waals surface area contributed by atoms with Crippen molar-refractivity contribution in [2.75, 3.05) is 6.61 Å². The van der Waals surface area contributed by atoms with E-state index in [0.717, 1.165) is 41.5 Å². The second kappa shape index (κ2) is 9.82. The van der Waals surface area contributed by atoms with Crippen molar-refractivity contribution in [3.63, 3.8) is 0 Å². The van der Waals surface area contributed by atoms with Gasteiger partial charge < -0.3 is 9.72 Å². The van der Waals surface area contributed by atoms with Crippen molar-refractivity contribution < 1.29 is 9.13 Å². The number of nitrogens with zero attached hydrogens (tertiary/aromatic N) is 5. The molecule has 8 nitrogen and oxygen atoms in total. The van der Waals surface area contributed by atoms with Crippen molar-refractivity contribution in [3.8, 4) is 0 Å².